The van der Waals surface area contributed by atoms with Crippen molar-refractivity contribution >= 4 is 0 Å². The van der Waals surface area contributed by atoms with E-state index in [1.807, 2.05) is 0 Å². The van der Waals surface area contributed by atoms with Gasteiger partial charge in [0.05, 0.1) is 0 Å². The van der Waals surface area contributed by atoms with Crippen LogP contribution in [0.3, 0.4) is 0 Å². The standard InChI is InChI=1S/C15H3F29O4/c1-2(16,7(22,23)24)45-13(39,40)4(19,9(28,29)30)47-15(43,44)6(21,11(34,35)36)48-14(41,42)5(20,10(31,32)33)46-12(37,38)3(17,18)8(25,26)27/h1H3. The summed E-state index contributed by atoms with van der Waals surface area (Å²) in [6, 6.07) is 0. The van der Waals surface area contributed by atoms with E-state index in [1.54, 1.807) is 4.74 Å². The molecule has 0 amide bonds. The van der Waals surface area contributed by atoms with Gasteiger partial charge in [-0.15, -0.1) is 0 Å². The Balaban J connectivity index is 7.56. The molecule has 0 aromatic rings. The molecule has 33 heteroatoms. The zero-order chi connectivity index (χ0) is 39.8. The highest BCUT2D eigenvalue weighted by molar-refractivity contribution is 4.99. The first-order valence-corrected chi connectivity index (χ1v) is 9.86. The fraction of sp³-hybridized carbons (Fsp3) is 1.00. The highest BCUT2D eigenvalue weighted by Crippen LogP contribution is 2.61. The summed E-state index contributed by atoms with van der Waals surface area (Å²) in [7, 11) is 0. The third kappa shape index (κ3) is 7.60. The number of hydrogen-bond donors (Lipinski definition) is 0. The third-order valence-corrected chi connectivity index (χ3v) is 4.57. The van der Waals surface area contributed by atoms with E-state index in [9.17, 15) is 127 Å². The van der Waals surface area contributed by atoms with Crippen molar-refractivity contribution in [1.82, 2.24) is 0 Å². The number of rotatable bonds is 12. The van der Waals surface area contributed by atoms with Gasteiger partial charge in [0.2, 0.25) is 0 Å². The fourth-order valence-corrected chi connectivity index (χ4v) is 2.10. The Labute approximate surface area is 239 Å². The van der Waals surface area contributed by atoms with Gasteiger partial charge in [0.1, 0.15) is 0 Å². The van der Waals surface area contributed by atoms with E-state index < -0.39 is 91.6 Å². The van der Waals surface area contributed by atoms with Gasteiger partial charge in [-0.05, 0) is 0 Å². The second kappa shape index (κ2) is 11.7. The normalized spacial score (nSPS) is 20.9. The second-order valence-electron chi connectivity index (χ2n) is 8.24. The van der Waals surface area contributed by atoms with Crippen molar-refractivity contribution in [2.24, 2.45) is 0 Å². The van der Waals surface area contributed by atoms with E-state index in [1.165, 1.54) is 0 Å². The molecule has 0 N–H and O–H groups in total. The van der Waals surface area contributed by atoms with Crippen LogP contribution in [-0.4, -0.2) is 84.7 Å². The smallest absolute Gasteiger partial charge is 0.270 e. The summed E-state index contributed by atoms with van der Waals surface area (Å²) in [5.41, 5.74) is 0. The number of alkyl halides is 29. The van der Waals surface area contributed by atoms with Gasteiger partial charge in [0.15, 0.2) is 0 Å². The van der Waals surface area contributed by atoms with Gasteiger partial charge in [-0.3, -0.25) is 18.9 Å². The molecule has 0 aliphatic carbocycles. The summed E-state index contributed by atoms with van der Waals surface area (Å²) >= 11 is 0. The lowest BCUT2D eigenvalue weighted by Crippen LogP contribution is -2.72. The van der Waals surface area contributed by atoms with Crippen LogP contribution in [0.4, 0.5) is 127 Å². The summed E-state index contributed by atoms with van der Waals surface area (Å²) in [6.07, 6.45) is -76.1. The van der Waals surface area contributed by atoms with Crippen LogP contribution in [0, 0.1) is 0 Å². The highest BCUT2D eigenvalue weighted by atomic mass is 19.4. The predicted octanol–water partition coefficient (Wildman–Crippen LogP) is 9.55. The lowest BCUT2D eigenvalue weighted by Gasteiger charge is -2.44. The lowest BCUT2D eigenvalue weighted by atomic mass is 10.2. The predicted molar refractivity (Wildman–Crippen MR) is 80.4 cm³/mol. The molecule has 48 heavy (non-hydrogen) atoms. The van der Waals surface area contributed by atoms with Crippen molar-refractivity contribution in [1.29, 1.82) is 0 Å². The van der Waals surface area contributed by atoms with Crippen molar-refractivity contribution in [2.75, 3.05) is 0 Å². The monoisotopic (exact) mass is 798 g/mol. The Morgan fingerprint density at radius 3 is 0.646 bits per heavy atom. The van der Waals surface area contributed by atoms with Crippen LogP contribution in [0.15, 0.2) is 0 Å². The van der Waals surface area contributed by atoms with E-state index in [-0.39, 0.29) is 0 Å². The third-order valence-electron chi connectivity index (χ3n) is 4.57. The average Bonchev–Trinajstić information content (AvgIpc) is 2.73. The van der Waals surface area contributed by atoms with Gasteiger partial charge in [0.25, 0.3) is 0 Å². The first-order chi connectivity index (χ1) is 20.1. The summed E-state index contributed by atoms with van der Waals surface area (Å²) < 4.78 is 385. The molecule has 0 heterocycles. The van der Waals surface area contributed by atoms with Gasteiger partial charge < -0.3 is 0 Å². The fourth-order valence-electron chi connectivity index (χ4n) is 2.10. The molecule has 0 fully saturated rings. The van der Waals surface area contributed by atoms with Crippen LogP contribution in [0.1, 0.15) is 6.92 Å². The summed E-state index contributed by atoms with van der Waals surface area (Å²) in [4.78, 5) is 0. The minimum atomic E-state index is -9.14. The van der Waals surface area contributed by atoms with Crippen molar-refractivity contribution in [3.8, 4) is 0 Å². The minimum absolute atomic E-state index is 0.864. The minimum Gasteiger partial charge on any atom is -0.270 e. The van der Waals surface area contributed by atoms with E-state index in [0.29, 0.717) is 0 Å². The highest BCUT2D eigenvalue weighted by Gasteiger charge is 2.89. The van der Waals surface area contributed by atoms with Crippen LogP contribution >= 0.6 is 0 Å². The Kier molecular flexibility index (Phi) is 11.1. The van der Waals surface area contributed by atoms with E-state index >= 15 is 0 Å². The van der Waals surface area contributed by atoms with Crippen molar-refractivity contribution < 1.29 is 146 Å². The summed E-state index contributed by atoms with van der Waals surface area (Å²) in [6.45, 7) is -1.48. The Hall–Kier alpha value is -2.19. The molecule has 0 saturated carbocycles. The van der Waals surface area contributed by atoms with Crippen molar-refractivity contribution in [3.63, 3.8) is 0 Å². The van der Waals surface area contributed by atoms with Gasteiger partial charge in [0, 0.05) is 6.92 Å². The Morgan fingerprint density at radius 1 is 0.250 bits per heavy atom. The maximum atomic E-state index is 14.3. The molecule has 0 aliphatic heterocycles. The SMILES string of the molecule is CC(F)(OC(F)(F)C(F)(OC(F)(F)C(F)(OC(F)(F)C(F)(OC(F)(F)C(F)(F)C(F)(F)F)C(F)(F)F)C(F)(F)F)C(F)(F)F)C(F)(F)F. The van der Waals surface area contributed by atoms with E-state index in [0.717, 1.165) is 14.2 Å². The number of hydrogen-bond acceptors (Lipinski definition) is 4. The first kappa shape index (κ1) is 45.8. The van der Waals surface area contributed by atoms with Gasteiger partial charge in [-0.1, -0.05) is 0 Å². The van der Waals surface area contributed by atoms with Crippen molar-refractivity contribution in [3.05, 3.63) is 0 Å². The molecule has 0 aromatic heterocycles. The lowest BCUT2D eigenvalue weighted by molar-refractivity contribution is -0.592. The molecule has 0 rings (SSSR count). The first-order valence-electron chi connectivity index (χ1n) is 9.86. The number of ether oxygens (including phenoxy) is 4. The Morgan fingerprint density at radius 2 is 0.458 bits per heavy atom. The Bertz CT molecular complexity index is 1130. The quantitative estimate of drug-likeness (QED) is 0.185. The molecule has 4 unspecified atom stereocenters. The molecular formula is C15H3F29O4. The number of halogens is 29. The van der Waals surface area contributed by atoms with Crippen LogP contribution in [0.2, 0.25) is 0 Å². The molecule has 4 atom stereocenters. The van der Waals surface area contributed by atoms with Crippen LogP contribution in [0.5, 0.6) is 0 Å². The van der Waals surface area contributed by atoms with Crippen molar-refractivity contribution in [2.45, 2.75) is 91.6 Å². The maximum Gasteiger partial charge on any atom is 0.462 e. The van der Waals surface area contributed by atoms with E-state index in [4.69, 9.17) is 0 Å². The topological polar surface area (TPSA) is 36.9 Å². The molecule has 0 spiro atoms. The van der Waals surface area contributed by atoms with Gasteiger partial charge >= 0.3 is 84.7 Å². The zero-order valence-electron chi connectivity index (χ0n) is 20.6. The van der Waals surface area contributed by atoms with Gasteiger partial charge in [-0.2, -0.15) is 123 Å². The van der Waals surface area contributed by atoms with Crippen LogP contribution in [-0.2, 0) is 18.9 Å². The molecule has 0 saturated heterocycles. The maximum absolute atomic E-state index is 14.3. The average molecular weight is 798 g/mol. The largest absolute Gasteiger partial charge is 0.462 e. The molecule has 290 valence electrons. The zero-order valence-corrected chi connectivity index (χ0v) is 20.6. The van der Waals surface area contributed by atoms with Gasteiger partial charge in [-0.25, -0.2) is 4.39 Å². The molecule has 0 radical (unpaired) electrons. The van der Waals surface area contributed by atoms with Crippen LogP contribution in [0.25, 0.3) is 0 Å². The second-order valence-corrected chi connectivity index (χ2v) is 8.24. The molecule has 4 nitrogen and oxygen atoms in total. The molecular weight excluding hydrogens is 795 g/mol. The molecule has 0 aromatic carbocycles. The van der Waals surface area contributed by atoms with E-state index in [2.05, 4.69) is 0 Å². The summed E-state index contributed by atoms with van der Waals surface area (Å²) in [5.74, 6) is -41.6. The molecule has 0 bridgehead atoms. The molecule has 0 aliphatic rings. The summed E-state index contributed by atoms with van der Waals surface area (Å²) in [5, 5.41) is 0. The van der Waals surface area contributed by atoms with Crippen LogP contribution < -0.4 is 0 Å².